The molecular formula is C42H86NO8P. The Bertz CT molecular complexity index is 825. The predicted octanol–water partition coefficient (Wildman–Crippen LogP) is 11.4. The number of nitrogens with zero attached hydrogens (tertiary/aromatic N) is 1. The average molecular weight is 764 g/mol. The first-order valence-corrected chi connectivity index (χ1v) is 22.7. The van der Waals surface area contributed by atoms with E-state index in [0.717, 1.165) is 37.3 Å². The molecule has 9 nitrogen and oxygen atoms in total. The Labute approximate surface area is 322 Å². The summed E-state index contributed by atoms with van der Waals surface area (Å²) in [5.74, 6) is -0.346. The van der Waals surface area contributed by atoms with Crippen LogP contribution in [0.2, 0.25) is 0 Å². The Morgan fingerprint density at radius 1 is 0.558 bits per heavy atom. The molecule has 0 saturated carbocycles. The molecule has 0 aliphatic heterocycles. The van der Waals surface area contributed by atoms with Crippen LogP contribution in [0.4, 0.5) is 0 Å². The lowest BCUT2D eigenvalue weighted by atomic mass is 10.0. The number of ether oxygens (including phenoxy) is 2. The second-order valence-corrected chi connectivity index (χ2v) is 16.3. The standard InChI is InChI=1S/C36H68O4.C5H14N.CH5O4P/c1-3-5-7-9-11-13-15-17-18-20-22-24-26-28-30-32-36(38)40-34-33-39-35(37)31-29-27-25-23-21-19-16-14-12-10-8-6-4-2;2*1-5-6(2,3)4/h17-18H,3-16,19-34H2,1-2H3;5H2,1-4H3;1H3,(H2,2,3,4)/q;+1;/p-1. The normalized spacial score (nSPS) is 12.4. The number of carbonyl (C=O) groups excluding carboxylic acids is 2. The highest BCUT2D eigenvalue weighted by Crippen LogP contribution is 2.27. The van der Waals surface area contributed by atoms with E-state index in [2.05, 4.69) is 58.6 Å². The van der Waals surface area contributed by atoms with Gasteiger partial charge in [0.05, 0.1) is 27.7 Å². The molecule has 1 atom stereocenters. The fourth-order valence-electron chi connectivity index (χ4n) is 5.08. The molecule has 0 aromatic rings. The highest BCUT2D eigenvalue weighted by Gasteiger charge is 2.06. The predicted molar refractivity (Wildman–Crippen MR) is 217 cm³/mol. The summed E-state index contributed by atoms with van der Waals surface area (Å²) < 4.78 is 24.3. The molecule has 0 spiro atoms. The molecule has 0 amide bonds. The highest BCUT2D eigenvalue weighted by atomic mass is 31.2. The Morgan fingerprint density at radius 2 is 0.808 bits per heavy atom. The van der Waals surface area contributed by atoms with Gasteiger partial charge in [-0.3, -0.25) is 14.2 Å². The van der Waals surface area contributed by atoms with E-state index in [4.69, 9.17) is 14.4 Å². The number of allylic oxidation sites excluding steroid dienone is 2. The van der Waals surface area contributed by atoms with Crippen molar-refractivity contribution in [2.24, 2.45) is 0 Å². The Morgan fingerprint density at radius 3 is 1.06 bits per heavy atom. The van der Waals surface area contributed by atoms with Gasteiger partial charge in [0.25, 0.3) is 7.82 Å². The van der Waals surface area contributed by atoms with E-state index in [1.807, 2.05) is 0 Å². The molecule has 52 heavy (non-hydrogen) atoms. The fourth-order valence-corrected chi connectivity index (χ4v) is 5.08. The van der Waals surface area contributed by atoms with Gasteiger partial charge in [-0.1, -0.05) is 154 Å². The molecule has 10 heteroatoms. The Kier molecular flexibility index (Phi) is 45.0. The van der Waals surface area contributed by atoms with Crippen LogP contribution in [0.3, 0.4) is 0 Å². The average Bonchev–Trinajstić information content (AvgIpc) is 3.10. The lowest BCUT2D eigenvalue weighted by Gasteiger charge is -2.20. The van der Waals surface area contributed by atoms with E-state index in [1.54, 1.807) is 0 Å². The third-order valence-corrected chi connectivity index (χ3v) is 9.38. The Hall–Kier alpha value is -1.25. The van der Waals surface area contributed by atoms with E-state index >= 15 is 0 Å². The number of carbonyl (C=O) groups is 2. The van der Waals surface area contributed by atoms with Gasteiger partial charge in [0.15, 0.2) is 0 Å². The fraction of sp³-hybridized carbons (Fsp3) is 0.905. The monoisotopic (exact) mass is 764 g/mol. The number of quaternary nitrogens is 1. The first kappa shape index (κ1) is 55.1. The summed E-state index contributed by atoms with van der Waals surface area (Å²) >= 11 is 0. The van der Waals surface area contributed by atoms with E-state index in [9.17, 15) is 19.0 Å². The molecular weight excluding hydrogens is 677 g/mol. The molecule has 0 fully saturated rings. The van der Waals surface area contributed by atoms with E-state index < -0.39 is 7.82 Å². The highest BCUT2D eigenvalue weighted by molar-refractivity contribution is 7.44. The second-order valence-electron chi connectivity index (χ2n) is 15.0. The molecule has 0 radical (unpaired) electrons. The number of phosphoric acid groups is 1. The Balaban J connectivity index is -0.00000170. The molecule has 312 valence electrons. The van der Waals surface area contributed by atoms with Crippen molar-refractivity contribution in [2.75, 3.05) is 48.0 Å². The number of hydrogen-bond acceptors (Lipinski definition) is 7. The van der Waals surface area contributed by atoms with Crippen LogP contribution in [0, 0.1) is 0 Å². The van der Waals surface area contributed by atoms with E-state index in [-0.39, 0.29) is 25.2 Å². The maximum atomic E-state index is 11.9. The first-order valence-electron chi connectivity index (χ1n) is 21.2. The molecule has 0 aromatic carbocycles. The van der Waals surface area contributed by atoms with Crippen LogP contribution >= 0.6 is 7.82 Å². The maximum absolute atomic E-state index is 11.9. The van der Waals surface area contributed by atoms with Crippen LogP contribution in [-0.2, 0) is 28.2 Å². The number of rotatable bonds is 34. The van der Waals surface area contributed by atoms with Crippen LogP contribution in [0.15, 0.2) is 12.2 Å². The molecule has 0 bridgehead atoms. The van der Waals surface area contributed by atoms with Crippen molar-refractivity contribution >= 4 is 19.8 Å². The van der Waals surface area contributed by atoms with Gasteiger partial charge in [-0.2, -0.15) is 0 Å². The minimum Gasteiger partial charge on any atom is -0.756 e. The van der Waals surface area contributed by atoms with Crippen molar-refractivity contribution < 1.29 is 42.4 Å². The van der Waals surface area contributed by atoms with Crippen LogP contribution in [0.5, 0.6) is 0 Å². The van der Waals surface area contributed by atoms with Gasteiger partial charge in [0.1, 0.15) is 13.2 Å². The smallest absolute Gasteiger partial charge is 0.305 e. The molecule has 1 unspecified atom stereocenters. The SMILES string of the molecule is CCCCCCCCC=CCCCCCCCC(=O)OCCOC(=O)CCCCCCCCCCCCCCC.CC[N+](C)(C)C.COP(=O)([O-])O. The van der Waals surface area contributed by atoms with Gasteiger partial charge in [-0.15, -0.1) is 0 Å². The maximum Gasteiger partial charge on any atom is 0.305 e. The zero-order chi connectivity index (χ0) is 39.6. The molecule has 0 rings (SSSR count). The summed E-state index contributed by atoms with van der Waals surface area (Å²) in [5, 5.41) is 0. The quantitative estimate of drug-likeness (QED) is 0.0226. The van der Waals surface area contributed by atoms with Crippen molar-refractivity contribution in [1.29, 1.82) is 0 Å². The molecule has 1 N–H and O–H groups in total. The molecule has 0 aromatic heterocycles. The number of hydrogen-bond donors (Lipinski definition) is 1. The summed E-state index contributed by atoms with van der Waals surface area (Å²) in [7, 11) is 3.03. The van der Waals surface area contributed by atoms with Gasteiger partial charge < -0.3 is 28.3 Å². The van der Waals surface area contributed by atoms with Crippen molar-refractivity contribution in [1.82, 2.24) is 0 Å². The number of unbranched alkanes of at least 4 members (excludes halogenated alkanes) is 23. The molecule has 0 aliphatic rings. The molecule has 0 heterocycles. The third kappa shape index (κ3) is 58.1. The summed E-state index contributed by atoms with van der Waals surface area (Å²) in [6, 6.07) is 0. The van der Waals surface area contributed by atoms with Crippen LogP contribution < -0.4 is 4.89 Å². The largest absolute Gasteiger partial charge is 0.756 e. The third-order valence-electron chi connectivity index (χ3n) is 8.92. The topological polar surface area (TPSA) is 122 Å². The minimum absolute atomic E-state index is 0.170. The van der Waals surface area contributed by atoms with Gasteiger partial charge in [-0.25, -0.2) is 0 Å². The zero-order valence-corrected chi connectivity index (χ0v) is 36.2. The van der Waals surface area contributed by atoms with Crippen molar-refractivity contribution in [2.45, 2.75) is 201 Å². The number of phosphoric ester groups is 1. The summed E-state index contributed by atoms with van der Waals surface area (Å²) in [6.45, 7) is 8.27. The molecule has 0 saturated heterocycles. The van der Waals surface area contributed by atoms with Crippen LogP contribution in [-0.4, -0.2) is 69.3 Å². The lowest BCUT2D eigenvalue weighted by molar-refractivity contribution is -0.868. The van der Waals surface area contributed by atoms with E-state index in [1.165, 1.54) is 148 Å². The first-order chi connectivity index (χ1) is 24.8. The number of esters is 2. The van der Waals surface area contributed by atoms with E-state index in [0.29, 0.717) is 12.8 Å². The van der Waals surface area contributed by atoms with Gasteiger partial charge in [0, 0.05) is 20.0 Å². The lowest BCUT2D eigenvalue weighted by Crippen LogP contribution is -2.33. The second kappa shape index (κ2) is 42.5. The van der Waals surface area contributed by atoms with Gasteiger partial charge in [-0.05, 0) is 45.4 Å². The minimum atomic E-state index is -4.40. The molecule has 0 aliphatic carbocycles. The van der Waals surface area contributed by atoms with Crippen LogP contribution in [0.1, 0.15) is 201 Å². The summed E-state index contributed by atoms with van der Waals surface area (Å²) in [6.07, 6.45) is 38.7. The van der Waals surface area contributed by atoms with Crippen molar-refractivity contribution in [3.8, 4) is 0 Å². The summed E-state index contributed by atoms with van der Waals surface area (Å²) in [4.78, 5) is 40.7. The van der Waals surface area contributed by atoms with Crippen molar-refractivity contribution in [3.05, 3.63) is 12.2 Å². The summed E-state index contributed by atoms with van der Waals surface area (Å²) in [5.41, 5.74) is 0. The van der Waals surface area contributed by atoms with Gasteiger partial charge >= 0.3 is 11.9 Å². The van der Waals surface area contributed by atoms with Crippen molar-refractivity contribution in [3.63, 3.8) is 0 Å². The van der Waals surface area contributed by atoms with Crippen LogP contribution in [0.25, 0.3) is 0 Å². The zero-order valence-electron chi connectivity index (χ0n) is 35.3. The van der Waals surface area contributed by atoms with Gasteiger partial charge in [0.2, 0.25) is 0 Å².